The lowest BCUT2D eigenvalue weighted by Gasteiger charge is -2.27. The standard InChI is InChI=1S/C40H55ClN6O6S/c1-9-33(10-2)44-40(51)36(25(3)4)46-37(48)27(6)42-24-34(19-28-15-12-11-13-16-28)45-39(50)31-20-30(22-35(23-31)47(7)54(8,52)53)38(49)43-26(5)29-17-14-18-32(41)21-29/h11-18,20-23,25-27,33-34,36,42H,9-10,19,24H2,1-8H3,(H,43,49)(H,44,51)(H,45,50)(H,46,48)/t26-,27+,34+,36+/m1/s1. The Balaban J connectivity index is 1.85. The molecule has 3 aromatic rings. The summed E-state index contributed by atoms with van der Waals surface area (Å²) in [5, 5.41) is 15.5. The van der Waals surface area contributed by atoms with Gasteiger partial charge in [-0.25, -0.2) is 8.42 Å². The van der Waals surface area contributed by atoms with Gasteiger partial charge in [0.05, 0.1) is 24.0 Å². The minimum Gasteiger partial charge on any atom is -0.352 e. The van der Waals surface area contributed by atoms with Gasteiger partial charge in [-0.05, 0) is 80.5 Å². The second kappa shape index (κ2) is 20.3. The van der Waals surface area contributed by atoms with Crippen molar-refractivity contribution in [1.82, 2.24) is 26.6 Å². The van der Waals surface area contributed by atoms with Crippen LogP contribution in [0.2, 0.25) is 5.02 Å². The van der Waals surface area contributed by atoms with Crippen LogP contribution in [0.25, 0.3) is 0 Å². The molecule has 0 aliphatic carbocycles. The lowest BCUT2D eigenvalue weighted by Crippen LogP contribution is -2.56. The van der Waals surface area contributed by atoms with Crippen molar-refractivity contribution in [1.29, 1.82) is 0 Å². The predicted octanol–water partition coefficient (Wildman–Crippen LogP) is 4.99. The number of hydrogen-bond donors (Lipinski definition) is 5. The van der Waals surface area contributed by atoms with Gasteiger partial charge in [-0.3, -0.25) is 23.5 Å². The molecule has 0 radical (unpaired) electrons. The van der Waals surface area contributed by atoms with Gasteiger partial charge >= 0.3 is 0 Å². The Kier molecular flexibility index (Phi) is 16.5. The molecule has 0 aromatic heterocycles. The highest BCUT2D eigenvalue weighted by molar-refractivity contribution is 7.92. The second-order valence-corrected chi connectivity index (χ2v) is 16.4. The van der Waals surface area contributed by atoms with Crippen LogP contribution in [0.5, 0.6) is 0 Å². The molecular formula is C40H55ClN6O6S. The minimum atomic E-state index is -3.75. The third-order valence-corrected chi connectivity index (χ3v) is 10.7. The van der Waals surface area contributed by atoms with Crippen LogP contribution in [0.15, 0.2) is 72.8 Å². The number of benzene rings is 3. The summed E-state index contributed by atoms with van der Waals surface area (Å²) in [5.74, 6) is -1.81. The number of sulfonamides is 1. The maximum atomic E-state index is 14.0. The number of nitrogens with one attached hydrogen (secondary N) is 5. The topological polar surface area (TPSA) is 166 Å². The highest BCUT2D eigenvalue weighted by atomic mass is 35.5. The van der Waals surface area contributed by atoms with E-state index in [0.29, 0.717) is 11.4 Å². The van der Waals surface area contributed by atoms with Crippen LogP contribution in [0, 0.1) is 5.92 Å². The molecule has 5 N–H and O–H groups in total. The molecule has 4 amide bonds. The van der Waals surface area contributed by atoms with Gasteiger partial charge in [0.2, 0.25) is 21.8 Å². The average molecular weight is 783 g/mol. The van der Waals surface area contributed by atoms with Crippen molar-refractivity contribution < 1.29 is 27.6 Å². The molecular weight excluding hydrogens is 728 g/mol. The highest BCUT2D eigenvalue weighted by Crippen LogP contribution is 2.23. The molecule has 54 heavy (non-hydrogen) atoms. The molecule has 4 atom stereocenters. The summed E-state index contributed by atoms with van der Waals surface area (Å²) >= 11 is 6.15. The maximum Gasteiger partial charge on any atom is 0.251 e. The van der Waals surface area contributed by atoms with Gasteiger partial charge in [-0.15, -0.1) is 0 Å². The largest absolute Gasteiger partial charge is 0.352 e. The molecule has 0 fully saturated rings. The number of carbonyl (C=O) groups is 4. The van der Waals surface area contributed by atoms with Crippen LogP contribution in [0.3, 0.4) is 0 Å². The number of amides is 4. The molecule has 0 saturated heterocycles. The SMILES string of the molecule is CCC(CC)NC(=O)[C@@H](NC(=O)[C@H](C)NC[C@H](Cc1ccccc1)NC(=O)c1cc(C(=O)N[C@H](C)c2cccc(Cl)c2)cc(N(C)S(C)(=O)=O)c1)C(C)C. The van der Waals surface area contributed by atoms with E-state index < -0.39 is 46.0 Å². The summed E-state index contributed by atoms with van der Waals surface area (Å²) < 4.78 is 26.1. The van der Waals surface area contributed by atoms with E-state index >= 15 is 0 Å². The molecule has 3 aromatic carbocycles. The van der Waals surface area contributed by atoms with Crippen molar-refractivity contribution in [3.05, 3.63) is 100 Å². The van der Waals surface area contributed by atoms with E-state index in [-0.39, 0.29) is 47.1 Å². The van der Waals surface area contributed by atoms with E-state index in [0.717, 1.165) is 34.5 Å². The molecule has 12 nitrogen and oxygen atoms in total. The van der Waals surface area contributed by atoms with Crippen LogP contribution in [-0.4, -0.2) is 76.1 Å². The monoisotopic (exact) mass is 782 g/mol. The number of carbonyl (C=O) groups excluding carboxylic acids is 4. The quantitative estimate of drug-likeness (QED) is 0.114. The first-order chi connectivity index (χ1) is 25.4. The van der Waals surface area contributed by atoms with Crippen LogP contribution < -0.4 is 30.9 Å². The number of halogens is 1. The van der Waals surface area contributed by atoms with E-state index in [2.05, 4.69) is 26.6 Å². The molecule has 0 aliphatic rings. The van der Waals surface area contributed by atoms with Gasteiger partial charge in [0, 0.05) is 41.8 Å². The predicted molar refractivity (Wildman–Crippen MR) is 215 cm³/mol. The van der Waals surface area contributed by atoms with Crippen LogP contribution >= 0.6 is 11.6 Å². The minimum absolute atomic E-state index is 0.0176. The van der Waals surface area contributed by atoms with Gasteiger partial charge in [0.15, 0.2) is 0 Å². The molecule has 3 rings (SSSR count). The summed E-state index contributed by atoms with van der Waals surface area (Å²) in [4.78, 5) is 53.9. The normalized spacial score (nSPS) is 13.8. The van der Waals surface area contributed by atoms with Crippen LogP contribution in [0.1, 0.15) is 92.3 Å². The van der Waals surface area contributed by atoms with Crippen molar-refractivity contribution >= 4 is 50.9 Å². The molecule has 0 spiro atoms. The zero-order chi connectivity index (χ0) is 40.2. The average Bonchev–Trinajstić information content (AvgIpc) is 3.13. The lowest BCUT2D eigenvalue weighted by molar-refractivity contribution is -0.131. The van der Waals surface area contributed by atoms with E-state index in [9.17, 15) is 27.6 Å². The second-order valence-electron chi connectivity index (χ2n) is 14.0. The van der Waals surface area contributed by atoms with E-state index in [1.54, 1.807) is 32.0 Å². The van der Waals surface area contributed by atoms with Crippen molar-refractivity contribution in [2.24, 2.45) is 5.92 Å². The van der Waals surface area contributed by atoms with E-state index in [1.165, 1.54) is 25.2 Å². The summed E-state index contributed by atoms with van der Waals surface area (Å²) in [6.07, 6.45) is 2.99. The van der Waals surface area contributed by atoms with E-state index in [1.807, 2.05) is 64.1 Å². The Labute approximate surface area is 325 Å². The zero-order valence-corrected chi connectivity index (χ0v) is 34.0. The Morgan fingerprint density at radius 2 is 1.35 bits per heavy atom. The number of rotatable bonds is 19. The summed E-state index contributed by atoms with van der Waals surface area (Å²) in [5.41, 5.74) is 1.97. The van der Waals surface area contributed by atoms with Crippen molar-refractivity contribution in [3.63, 3.8) is 0 Å². The van der Waals surface area contributed by atoms with Gasteiger partial charge in [-0.1, -0.05) is 81.8 Å². The smallest absolute Gasteiger partial charge is 0.251 e. The number of hydrogen-bond acceptors (Lipinski definition) is 7. The molecule has 294 valence electrons. The fourth-order valence-electron chi connectivity index (χ4n) is 5.74. The first-order valence-electron chi connectivity index (χ1n) is 18.3. The van der Waals surface area contributed by atoms with E-state index in [4.69, 9.17) is 11.6 Å². The van der Waals surface area contributed by atoms with Crippen molar-refractivity contribution in [2.75, 3.05) is 24.2 Å². The lowest BCUT2D eigenvalue weighted by atomic mass is 10.0. The van der Waals surface area contributed by atoms with Gasteiger partial charge in [-0.2, -0.15) is 0 Å². The molecule has 0 saturated carbocycles. The Hall–Kier alpha value is -4.46. The van der Waals surface area contributed by atoms with Crippen molar-refractivity contribution in [2.45, 2.75) is 91.0 Å². The van der Waals surface area contributed by atoms with Crippen LogP contribution in [-0.2, 0) is 26.0 Å². The molecule has 0 heterocycles. The number of anilines is 1. The van der Waals surface area contributed by atoms with Gasteiger partial charge in [0.1, 0.15) is 6.04 Å². The third kappa shape index (κ3) is 13.1. The fourth-order valence-corrected chi connectivity index (χ4v) is 6.42. The Morgan fingerprint density at radius 1 is 0.741 bits per heavy atom. The molecule has 0 bridgehead atoms. The Morgan fingerprint density at radius 3 is 1.91 bits per heavy atom. The van der Waals surface area contributed by atoms with Gasteiger partial charge < -0.3 is 26.6 Å². The summed E-state index contributed by atoms with van der Waals surface area (Å²) in [7, 11) is -2.40. The highest BCUT2D eigenvalue weighted by Gasteiger charge is 2.28. The Bertz CT molecular complexity index is 1850. The molecule has 0 aliphatic heterocycles. The first kappa shape index (κ1) is 43.9. The number of nitrogens with zero attached hydrogens (tertiary/aromatic N) is 1. The fraction of sp³-hybridized carbons (Fsp3) is 0.450. The first-order valence-corrected chi connectivity index (χ1v) is 20.5. The maximum absolute atomic E-state index is 14.0. The van der Waals surface area contributed by atoms with Gasteiger partial charge in [0.25, 0.3) is 11.8 Å². The zero-order valence-electron chi connectivity index (χ0n) is 32.4. The molecule has 14 heteroatoms. The van der Waals surface area contributed by atoms with Crippen LogP contribution in [0.4, 0.5) is 5.69 Å². The summed E-state index contributed by atoms with van der Waals surface area (Å²) in [6, 6.07) is 18.4. The molecule has 0 unspecified atom stereocenters. The summed E-state index contributed by atoms with van der Waals surface area (Å²) in [6.45, 7) is 11.4. The third-order valence-electron chi connectivity index (χ3n) is 9.30. The van der Waals surface area contributed by atoms with Crippen molar-refractivity contribution in [3.8, 4) is 0 Å².